The minimum absolute atomic E-state index is 0. The van der Waals surface area contributed by atoms with Crippen molar-refractivity contribution >= 4 is 9.44 Å². The maximum absolute atomic E-state index is 2.33. The first-order chi connectivity index (χ1) is 8.52. The predicted octanol–water partition coefficient (Wildman–Crippen LogP) is -1.54. The molecule has 0 bridgehead atoms. The Hall–Kier alpha value is -0.00571. The van der Waals surface area contributed by atoms with Gasteiger partial charge in [0.25, 0.3) is 0 Å². The van der Waals surface area contributed by atoms with E-state index in [1.165, 1.54) is 26.1 Å². The number of rotatable bonds is 3. The molecule has 2 rings (SSSR count). The summed E-state index contributed by atoms with van der Waals surface area (Å²) in [5.74, 6) is 1.19. The van der Waals surface area contributed by atoms with Gasteiger partial charge in [0.05, 0.1) is 0 Å². The molecule has 20 heavy (non-hydrogen) atoms. The van der Waals surface area contributed by atoms with Crippen molar-refractivity contribution in [2.45, 2.75) is 46.0 Å². The minimum Gasteiger partial charge on any atom is -1.00 e. The first kappa shape index (κ1) is 20.0. The SMILES string of the molecule is CC(C)c1ccc(C2=CC=CC2)c(C(C)C)[c]1[Ti+2].[Cl-].[Cl-]. The van der Waals surface area contributed by atoms with E-state index in [4.69, 9.17) is 0 Å². The fourth-order valence-electron chi connectivity index (χ4n) is 2.64. The van der Waals surface area contributed by atoms with Crippen LogP contribution in [0.15, 0.2) is 30.4 Å². The van der Waals surface area contributed by atoms with Crippen LogP contribution in [-0.4, -0.2) is 0 Å². The minimum atomic E-state index is 0. The van der Waals surface area contributed by atoms with Gasteiger partial charge in [-0.2, -0.15) is 0 Å². The van der Waals surface area contributed by atoms with Crippen molar-refractivity contribution in [3.8, 4) is 0 Å². The van der Waals surface area contributed by atoms with Gasteiger partial charge in [-0.05, 0) is 0 Å². The zero-order chi connectivity index (χ0) is 13.3. The normalized spacial score (nSPS) is 13.3. The molecule has 0 aromatic heterocycles. The third-order valence-electron chi connectivity index (χ3n) is 3.59. The summed E-state index contributed by atoms with van der Waals surface area (Å²) in [6.45, 7) is 9.17. The molecule has 0 nitrogen and oxygen atoms in total. The van der Waals surface area contributed by atoms with E-state index in [-0.39, 0.29) is 24.8 Å². The van der Waals surface area contributed by atoms with Gasteiger partial charge in [-0.3, -0.25) is 0 Å². The summed E-state index contributed by atoms with van der Waals surface area (Å²) < 4.78 is 1.49. The van der Waals surface area contributed by atoms with Gasteiger partial charge in [0.1, 0.15) is 0 Å². The Labute approximate surface area is 147 Å². The number of hydrogen-bond donors (Lipinski definition) is 0. The molecule has 0 N–H and O–H groups in total. The molecule has 0 spiro atoms. The molecule has 0 fully saturated rings. The number of benzene rings is 1. The first-order valence-electron chi connectivity index (χ1n) is 6.76. The van der Waals surface area contributed by atoms with E-state index in [1.54, 1.807) is 0 Å². The largest absolute Gasteiger partial charge is 1.00 e. The average Bonchev–Trinajstić information content (AvgIpc) is 2.80. The van der Waals surface area contributed by atoms with Gasteiger partial charge in [0, 0.05) is 0 Å². The zero-order valence-electron chi connectivity index (χ0n) is 12.5. The molecular formula is C17H21Cl2Ti. The summed E-state index contributed by atoms with van der Waals surface area (Å²) >= 11 is 2.29. The fraction of sp³-hybridized carbons (Fsp3) is 0.412. The monoisotopic (exact) mass is 343 g/mol. The van der Waals surface area contributed by atoms with Crippen LogP contribution in [0.5, 0.6) is 0 Å². The second-order valence-electron chi connectivity index (χ2n) is 5.62. The second kappa shape index (κ2) is 8.44. The van der Waals surface area contributed by atoms with Gasteiger partial charge >= 0.3 is 123 Å². The van der Waals surface area contributed by atoms with Gasteiger partial charge in [0.15, 0.2) is 0 Å². The van der Waals surface area contributed by atoms with Crippen molar-refractivity contribution in [2.24, 2.45) is 0 Å². The maximum atomic E-state index is 2.33. The molecule has 1 aliphatic carbocycles. The van der Waals surface area contributed by atoms with Crippen LogP contribution in [0, 0.1) is 0 Å². The number of halogens is 2. The molecule has 0 radical (unpaired) electrons. The molecule has 1 aromatic rings. The van der Waals surface area contributed by atoms with Crippen molar-refractivity contribution in [1.82, 2.24) is 0 Å². The van der Waals surface area contributed by atoms with E-state index in [2.05, 4.69) is 78.5 Å². The maximum Gasteiger partial charge on any atom is -1.00 e. The standard InChI is InChI=1S/C17H21.2ClH.Ti/c1-12(2)15-9-10-16(14-7-5-6-8-14)17(11-15)13(3)4;;;/h5-7,9-10,12-13H,8H2,1-4H3;2*1H;/q;;;+2/p-2. The van der Waals surface area contributed by atoms with Crippen molar-refractivity contribution in [3.63, 3.8) is 0 Å². The number of hydrogen-bond acceptors (Lipinski definition) is 0. The van der Waals surface area contributed by atoms with Gasteiger partial charge in [-0.1, -0.05) is 0 Å². The second-order valence-corrected chi connectivity index (χ2v) is 6.41. The van der Waals surface area contributed by atoms with E-state index in [0.29, 0.717) is 11.8 Å². The Balaban J connectivity index is 0.00000180. The zero-order valence-corrected chi connectivity index (χ0v) is 15.6. The third kappa shape index (κ3) is 4.01. The van der Waals surface area contributed by atoms with Gasteiger partial charge in [0.2, 0.25) is 0 Å². The van der Waals surface area contributed by atoms with Crippen molar-refractivity contribution in [1.29, 1.82) is 0 Å². The summed E-state index contributed by atoms with van der Waals surface area (Å²) in [6, 6.07) is 4.65. The van der Waals surface area contributed by atoms with Gasteiger partial charge in [-0.25, -0.2) is 0 Å². The Kier molecular flexibility index (Phi) is 8.44. The van der Waals surface area contributed by atoms with Crippen molar-refractivity contribution in [3.05, 3.63) is 47.1 Å². The smallest absolute Gasteiger partial charge is 1.00 e. The first-order valence-corrected chi connectivity index (χ1v) is 7.55. The van der Waals surface area contributed by atoms with Crippen LogP contribution in [0.1, 0.15) is 62.6 Å². The Bertz CT molecular complexity index is 514. The Morgan fingerprint density at radius 1 is 1.00 bits per heavy atom. The quantitative estimate of drug-likeness (QED) is 0.583. The van der Waals surface area contributed by atoms with E-state index in [9.17, 15) is 0 Å². The van der Waals surface area contributed by atoms with Crippen LogP contribution in [0.3, 0.4) is 0 Å². The van der Waals surface area contributed by atoms with E-state index < -0.39 is 0 Å². The molecule has 1 aromatic carbocycles. The summed E-state index contributed by atoms with van der Waals surface area (Å²) in [4.78, 5) is 0. The third-order valence-corrected chi connectivity index (χ3v) is 4.47. The van der Waals surface area contributed by atoms with Crippen LogP contribution in [0.25, 0.3) is 5.57 Å². The summed E-state index contributed by atoms with van der Waals surface area (Å²) in [7, 11) is 0. The predicted molar refractivity (Wildman–Crippen MR) is 76.0 cm³/mol. The molecular weight excluding hydrogens is 323 g/mol. The molecule has 0 heterocycles. The van der Waals surface area contributed by atoms with E-state index in [0.717, 1.165) is 6.42 Å². The molecule has 1 aliphatic rings. The van der Waals surface area contributed by atoms with Gasteiger partial charge < -0.3 is 24.8 Å². The van der Waals surface area contributed by atoms with Gasteiger partial charge in [-0.15, -0.1) is 0 Å². The van der Waals surface area contributed by atoms with Crippen LogP contribution in [0.4, 0.5) is 0 Å². The van der Waals surface area contributed by atoms with E-state index in [1.807, 2.05) is 0 Å². The van der Waals surface area contributed by atoms with Crippen LogP contribution < -0.4 is 28.7 Å². The topological polar surface area (TPSA) is 0 Å². The summed E-state index contributed by atoms with van der Waals surface area (Å²) in [5, 5.41) is 0. The Morgan fingerprint density at radius 3 is 2.10 bits per heavy atom. The summed E-state index contributed by atoms with van der Waals surface area (Å²) in [5.41, 5.74) is 5.96. The van der Waals surface area contributed by atoms with E-state index >= 15 is 0 Å². The van der Waals surface area contributed by atoms with Crippen molar-refractivity contribution < 1.29 is 45.2 Å². The summed E-state index contributed by atoms with van der Waals surface area (Å²) in [6.07, 6.45) is 7.76. The molecule has 0 unspecified atom stereocenters. The fourth-order valence-corrected chi connectivity index (χ4v) is 3.89. The molecule has 0 saturated heterocycles. The number of allylic oxidation sites excluding steroid dienone is 4. The van der Waals surface area contributed by atoms with Crippen molar-refractivity contribution in [2.75, 3.05) is 0 Å². The van der Waals surface area contributed by atoms with Crippen LogP contribution >= 0.6 is 0 Å². The molecule has 107 valence electrons. The molecule has 0 amide bonds. The van der Waals surface area contributed by atoms with Crippen LogP contribution in [-0.2, 0) is 20.4 Å². The average molecular weight is 344 g/mol. The molecule has 0 saturated carbocycles. The molecule has 0 aliphatic heterocycles. The Morgan fingerprint density at radius 2 is 1.65 bits per heavy atom. The van der Waals surface area contributed by atoms with Crippen LogP contribution in [0.2, 0.25) is 0 Å². The molecule has 3 heteroatoms. The molecule has 0 atom stereocenters.